The standard InChI is InChI=1S/C15H16F3N3/c1-9-8-14(10(2)7-13(9)19)21-20-12-5-3-11(4-6-12)15(16,17)18/h3-8,20-21H,19H2,1-2H3. The molecule has 0 radical (unpaired) electrons. The van der Waals surface area contributed by atoms with E-state index >= 15 is 0 Å². The Balaban J connectivity index is 2.08. The molecule has 21 heavy (non-hydrogen) atoms. The Morgan fingerprint density at radius 2 is 1.52 bits per heavy atom. The largest absolute Gasteiger partial charge is 0.416 e. The van der Waals surface area contributed by atoms with E-state index in [4.69, 9.17) is 5.73 Å². The molecule has 0 saturated carbocycles. The number of anilines is 3. The first-order chi connectivity index (χ1) is 9.77. The third kappa shape index (κ3) is 3.59. The molecule has 0 saturated heterocycles. The normalized spacial score (nSPS) is 11.3. The van der Waals surface area contributed by atoms with Gasteiger partial charge in [-0.05, 0) is 61.4 Å². The van der Waals surface area contributed by atoms with Crippen LogP contribution in [0.2, 0.25) is 0 Å². The maximum Gasteiger partial charge on any atom is 0.416 e. The number of hydrazine groups is 1. The van der Waals surface area contributed by atoms with Gasteiger partial charge in [0.1, 0.15) is 0 Å². The molecule has 0 aliphatic heterocycles. The monoisotopic (exact) mass is 295 g/mol. The Labute approximate surface area is 120 Å². The molecule has 2 rings (SSSR count). The van der Waals surface area contributed by atoms with Crippen molar-refractivity contribution in [3.63, 3.8) is 0 Å². The molecule has 0 aromatic heterocycles. The highest BCUT2D eigenvalue weighted by atomic mass is 19.4. The van der Waals surface area contributed by atoms with Gasteiger partial charge >= 0.3 is 6.18 Å². The zero-order valence-electron chi connectivity index (χ0n) is 11.7. The van der Waals surface area contributed by atoms with Crippen molar-refractivity contribution in [3.8, 4) is 0 Å². The van der Waals surface area contributed by atoms with Gasteiger partial charge in [-0.3, -0.25) is 0 Å². The number of benzene rings is 2. The molecule has 0 amide bonds. The summed E-state index contributed by atoms with van der Waals surface area (Å²) in [6.45, 7) is 3.78. The molecular formula is C15H16F3N3. The van der Waals surface area contributed by atoms with Gasteiger partial charge in [-0.1, -0.05) is 0 Å². The second kappa shape index (κ2) is 5.55. The number of hydrogen-bond acceptors (Lipinski definition) is 3. The fourth-order valence-electron chi connectivity index (χ4n) is 1.86. The van der Waals surface area contributed by atoms with Gasteiger partial charge in [0, 0.05) is 5.69 Å². The maximum absolute atomic E-state index is 12.5. The van der Waals surface area contributed by atoms with Gasteiger partial charge in [0.05, 0.1) is 16.9 Å². The number of nitrogens with one attached hydrogen (secondary N) is 2. The molecule has 0 aliphatic rings. The Morgan fingerprint density at radius 3 is 2.10 bits per heavy atom. The molecule has 0 bridgehead atoms. The van der Waals surface area contributed by atoms with Gasteiger partial charge in [-0.15, -0.1) is 0 Å². The molecular weight excluding hydrogens is 279 g/mol. The molecule has 0 spiro atoms. The predicted octanol–water partition coefficient (Wildman–Crippen LogP) is 4.34. The average Bonchev–Trinajstić information content (AvgIpc) is 2.41. The lowest BCUT2D eigenvalue weighted by Gasteiger charge is -2.14. The second-order valence-corrected chi connectivity index (χ2v) is 4.85. The van der Waals surface area contributed by atoms with Gasteiger partial charge in [0.15, 0.2) is 0 Å². The van der Waals surface area contributed by atoms with Crippen molar-refractivity contribution in [3.05, 3.63) is 53.1 Å². The van der Waals surface area contributed by atoms with Crippen molar-refractivity contribution in [1.82, 2.24) is 0 Å². The molecule has 112 valence electrons. The Morgan fingerprint density at radius 1 is 0.905 bits per heavy atom. The van der Waals surface area contributed by atoms with Crippen molar-refractivity contribution in [2.45, 2.75) is 20.0 Å². The quantitative estimate of drug-likeness (QED) is 0.583. The zero-order valence-corrected chi connectivity index (χ0v) is 11.7. The first-order valence-corrected chi connectivity index (χ1v) is 6.33. The fourth-order valence-corrected chi connectivity index (χ4v) is 1.86. The second-order valence-electron chi connectivity index (χ2n) is 4.85. The van der Waals surface area contributed by atoms with Crippen LogP contribution >= 0.6 is 0 Å². The lowest BCUT2D eigenvalue weighted by atomic mass is 10.1. The van der Waals surface area contributed by atoms with E-state index in [9.17, 15) is 13.2 Å². The van der Waals surface area contributed by atoms with E-state index in [2.05, 4.69) is 10.9 Å². The van der Waals surface area contributed by atoms with Crippen LogP contribution in [0.5, 0.6) is 0 Å². The van der Waals surface area contributed by atoms with E-state index in [1.165, 1.54) is 12.1 Å². The highest BCUT2D eigenvalue weighted by Gasteiger charge is 2.29. The third-order valence-corrected chi connectivity index (χ3v) is 3.17. The summed E-state index contributed by atoms with van der Waals surface area (Å²) in [6.07, 6.45) is -4.32. The number of nitrogen functional groups attached to an aromatic ring is 1. The van der Waals surface area contributed by atoms with Crippen molar-refractivity contribution in [2.24, 2.45) is 0 Å². The molecule has 0 heterocycles. The summed E-state index contributed by atoms with van der Waals surface area (Å²) in [5.41, 5.74) is 14.9. The van der Waals surface area contributed by atoms with Gasteiger partial charge in [0.25, 0.3) is 0 Å². The fraction of sp³-hybridized carbons (Fsp3) is 0.200. The maximum atomic E-state index is 12.5. The van der Waals surface area contributed by atoms with Gasteiger partial charge < -0.3 is 16.6 Å². The third-order valence-electron chi connectivity index (χ3n) is 3.17. The lowest BCUT2D eigenvalue weighted by molar-refractivity contribution is -0.137. The van der Waals surface area contributed by atoms with E-state index in [0.717, 1.165) is 28.9 Å². The van der Waals surface area contributed by atoms with Gasteiger partial charge in [-0.2, -0.15) is 13.2 Å². The van der Waals surface area contributed by atoms with Crippen LogP contribution in [-0.4, -0.2) is 0 Å². The summed E-state index contributed by atoms with van der Waals surface area (Å²) < 4.78 is 37.4. The van der Waals surface area contributed by atoms with Crippen LogP contribution in [0.25, 0.3) is 0 Å². The SMILES string of the molecule is Cc1cc(NNc2ccc(C(F)(F)F)cc2)c(C)cc1N. The molecule has 2 aromatic rings. The highest BCUT2D eigenvalue weighted by molar-refractivity contribution is 5.63. The average molecular weight is 295 g/mol. The van der Waals surface area contributed by atoms with E-state index in [0.29, 0.717) is 11.4 Å². The minimum Gasteiger partial charge on any atom is -0.399 e. The lowest BCUT2D eigenvalue weighted by Crippen LogP contribution is -2.11. The van der Waals surface area contributed by atoms with Crippen LogP contribution < -0.4 is 16.6 Å². The molecule has 2 aromatic carbocycles. The summed E-state index contributed by atoms with van der Waals surface area (Å²) in [5.74, 6) is 0. The smallest absolute Gasteiger partial charge is 0.399 e. The van der Waals surface area contributed by atoms with Crippen molar-refractivity contribution in [1.29, 1.82) is 0 Å². The minimum atomic E-state index is -4.32. The summed E-state index contributed by atoms with van der Waals surface area (Å²) in [5, 5.41) is 0. The summed E-state index contributed by atoms with van der Waals surface area (Å²) in [6, 6.07) is 8.52. The van der Waals surface area contributed by atoms with Crippen LogP contribution in [0.15, 0.2) is 36.4 Å². The molecule has 6 heteroatoms. The number of nitrogens with two attached hydrogens (primary N) is 1. The van der Waals surface area contributed by atoms with Gasteiger partial charge in [-0.25, -0.2) is 0 Å². The van der Waals surface area contributed by atoms with Crippen LogP contribution in [0.3, 0.4) is 0 Å². The number of rotatable bonds is 3. The molecule has 0 aliphatic carbocycles. The number of aryl methyl sites for hydroxylation is 2. The van der Waals surface area contributed by atoms with Crippen LogP contribution in [-0.2, 0) is 6.18 Å². The molecule has 0 atom stereocenters. The summed E-state index contributed by atoms with van der Waals surface area (Å²) in [7, 11) is 0. The van der Waals surface area contributed by atoms with Crippen molar-refractivity contribution < 1.29 is 13.2 Å². The Hall–Kier alpha value is -2.37. The number of halogens is 3. The zero-order chi connectivity index (χ0) is 15.6. The molecule has 0 fully saturated rings. The first kappa shape index (κ1) is 15.0. The van der Waals surface area contributed by atoms with E-state index in [1.807, 2.05) is 26.0 Å². The minimum absolute atomic E-state index is 0.539. The topological polar surface area (TPSA) is 50.1 Å². The number of hydrogen-bond donors (Lipinski definition) is 3. The van der Waals surface area contributed by atoms with Gasteiger partial charge in [0.2, 0.25) is 0 Å². The summed E-state index contributed by atoms with van der Waals surface area (Å²) >= 11 is 0. The Bertz CT molecular complexity index is 634. The Kier molecular flexibility index (Phi) is 3.97. The van der Waals surface area contributed by atoms with Crippen LogP contribution in [0.4, 0.5) is 30.2 Å². The van der Waals surface area contributed by atoms with E-state index in [1.54, 1.807) is 0 Å². The summed E-state index contributed by atoms with van der Waals surface area (Å²) in [4.78, 5) is 0. The van der Waals surface area contributed by atoms with Crippen molar-refractivity contribution in [2.75, 3.05) is 16.6 Å². The molecule has 3 nitrogen and oxygen atoms in total. The predicted molar refractivity (Wildman–Crippen MR) is 79.0 cm³/mol. The van der Waals surface area contributed by atoms with E-state index < -0.39 is 11.7 Å². The van der Waals surface area contributed by atoms with E-state index in [-0.39, 0.29) is 0 Å². The highest BCUT2D eigenvalue weighted by Crippen LogP contribution is 2.30. The molecule has 0 unspecified atom stereocenters. The van der Waals surface area contributed by atoms with Crippen molar-refractivity contribution >= 4 is 17.1 Å². The molecule has 4 N–H and O–H groups in total. The van der Waals surface area contributed by atoms with Crippen LogP contribution in [0, 0.1) is 13.8 Å². The number of alkyl halides is 3. The van der Waals surface area contributed by atoms with Crippen LogP contribution in [0.1, 0.15) is 16.7 Å². The first-order valence-electron chi connectivity index (χ1n) is 6.33.